The minimum Gasteiger partial charge on any atom is -0.375 e. The van der Waals surface area contributed by atoms with Gasteiger partial charge in [0.25, 0.3) is 0 Å². The van der Waals surface area contributed by atoms with Crippen LogP contribution in [0.3, 0.4) is 0 Å². The van der Waals surface area contributed by atoms with Crippen molar-refractivity contribution < 1.29 is 18.7 Å². The summed E-state index contributed by atoms with van der Waals surface area (Å²) in [6.45, 7) is 1.04. The first kappa shape index (κ1) is 29.0. The van der Waals surface area contributed by atoms with E-state index in [1.54, 1.807) is 37.5 Å². The third kappa shape index (κ3) is 8.76. The van der Waals surface area contributed by atoms with Crippen LogP contribution in [0.15, 0.2) is 42.6 Å². The number of hydrogen-bond acceptors (Lipinski definition) is 8. The summed E-state index contributed by atoms with van der Waals surface area (Å²) < 4.78 is 27.4. The molecule has 0 radical (unpaired) electrons. The molecule has 1 aliphatic heterocycles. The van der Waals surface area contributed by atoms with Crippen LogP contribution in [-0.2, 0) is 4.79 Å². The number of carbonyl (C=O) groups excluding carboxylic acids is 1. The second kappa shape index (κ2) is 14.4. The van der Waals surface area contributed by atoms with E-state index in [0.29, 0.717) is 48.9 Å². The number of alkyl halides is 1. The summed E-state index contributed by atoms with van der Waals surface area (Å²) in [4.78, 5) is 24.7. The molecule has 1 aliphatic rings. The number of halogens is 2. The van der Waals surface area contributed by atoms with Gasteiger partial charge in [-0.3, -0.25) is 9.69 Å². The van der Waals surface area contributed by atoms with E-state index in [-0.39, 0.29) is 24.7 Å². The van der Waals surface area contributed by atoms with E-state index in [1.807, 2.05) is 19.0 Å². The monoisotopic (exact) mass is 527 g/mol. The Morgan fingerprint density at radius 3 is 2.95 bits per heavy atom. The minimum absolute atomic E-state index is 0.0173. The topological polar surface area (TPSA) is 106 Å². The van der Waals surface area contributed by atoms with Gasteiger partial charge < -0.3 is 26.0 Å². The van der Waals surface area contributed by atoms with Gasteiger partial charge >= 0.3 is 0 Å². The Hall–Kier alpha value is -3.59. The zero-order chi connectivity index (χ0) is 27.5. The maximum atomic E-state index is 14.0. The lowest BCUT2D eigenvalue weighted by molar-refractivity contribution is -0.128. The van der Waals surface area contributed by atoms with Crippen molar-refractivity contribution in [3.05, 3.63) is 54.0 Å². The Morgan fingerprint density at radius 1 is 1.39 bits per heavy atom. The second-order valence-electron chi connectivity index (χ2n) is 9.19. The molecule has 3 rings (SSSR count). The van der Waals surface area contributed by atoms with E-state index in [1.165, 1.54) is 17.0 Å². The van der Waals surface area contributed by atoms with E-state index in [0.717, 1.165) is 0 Å². The summed E-state index contributed by atoms with van der Waals surface area (Å²) in [5.74, 6) is 6.25. The van der Waals surface area contributed by atoms with E-state index >= 15 is 0 Å². The highest BCUT2D eigenvalue weighted by Crippen LogP contribution is 2.23. The SMILES string of the molecule is CNc1nc(Nc2cccc(F)c2)ncc1C#CCCCNC(=O)[C@@H]1C[C@H](F)CN1C(O)/C=C/CN(C)C. The molecule has 204 valence electrons. The second-order valence-corrected chi connectivity index (χ2v) is 9.19. The number of aliphatic hydroxyl groups excluding tert-OH is 1. The zero-order valence-electron chi connectivity index (χ0n) is 21.9. The van der Waals surface area contributed by atoms with Crippen molar-refractivity contribution in [2.24, 2.45) is 0 Å². The molecule has 1 amide bonds. The van der Waals surface area contributed by atoms with Crippen LogP contribution in [-0.4, -0.2) is 90.0 Å². The third-order valence-corrected chi connectivity index (χ3v) is 5.82. The minimum atomic E-state index is -1.16. The molecule has 0 aliphatic carbocycles. The molecule has 0 bridgehead atoms. The number of carbonyl (C=O) groups is 1. The number of unbranched alkanes of at least 4 members (excludes halogenated alkanes) is 1. The molecule has 1 aromatic carbocycles. The largest absolute Gasteiger partial charge is 0.375 e. The van der Waals surface area contributed by atoms with Gasteiger partial charge in [0.2, 0.25) is 11.9 Å². The number of nitrogens with one attached hydrogen (secondary N) is 3. The van der Waals surface area contributed by atoms with E-state index < -0.39 is 18.4 Å². The summed E-state index contributed by atoms with van der Waals surface area (Å²) in [6, 6.07) is 5.29. The fourth-order valence-electron chi connectivity index (χ4n) is 3.95. The van der Waals surface area contributed by atoms with Gasteiger partial charge in [0.05, 0.1) is 17.8 Å². The number of rotatable bonds is 11. The molecule has 0 spiro atoms. The molecule has 2 aromatic rings. The van der Waals surface area contributed by atoms with Gasteiger partial charge in [-0.25, -0.2) is 13.8 Å². The van der Waals surface area contributed by atoms with Crippen LogP contribution in [0.1, 0.15) is 24.8 Å². The molecule has 2 heterocycles. The molecule has 1 aromatic heterocycles. The van der Waals surface area contributed by atoms with Crippen LogP contribution in [0.2, 0.25) is 0 Å². The molecule has 1 fully saturated rings. The predicted octanol–water partition coefficient (Wildman–Crippen LogP) is 2.50. The standard InChI is InChI=1S/C27H35F2N7O2/c1-30-25-19(17-32-27(34-25)33-22-11-7-10-20(28)15-22)9-5-4-6-13-31-26(38)23-16-21(29)18-36(23)24(37)12-8-14-35(2)3/h7-8,10-12,15,17,21,23-24,37H,4,6,13-14,16,18H2,1-3H3,(H,31,38)(H2,30,32,33,34)/b12-8+/t21-,23-,24?/m0/s1. The van der Waals surface area contributed by atoms with Crippen LogP contribution >= 0.6 is 0 Å². The van der Waals surface area contributed by atoms with E-state index in [2.05, 4.69) is 37.8 Å². The molecule has 3 atom stereocenters. The number of nitrogens with zero attached hydrogens (tertiary/aromatic N) is 4. The normalized spacial score (nSPS) is 18.3. The highest BCUT2D eigenvalue weighted by atomic mass is 19.1. The summed E-state index contributed by atoms with van der Waals surface area (Å²) >= 11 is 0. The first-order valence-corrected chi connectivity index (χ1v) is 12.5. The summed E-state index contributed by atoms with van der Waals surface area (Å²) in [7, 11) is 5.53. The smallest absolute Gasteiger partial charge is 0.237 e. The van der Waals surface area contributed by atoms with Crippen LogP contribution in [0, 0.1) is 17.7 Å². The van der Waals surface area contributed by atoms with Gasteiger partial charge in [-0.15, -0.1) is 0 Å². The van der Waals surface area contributed by atoms with Gasteiger partial charge in [-0.05, 0) is 44.8 Å². The first-order valence-electron chi connectivity index (χ1n) is 12.5. The third-order valence-electron chi connectivity index (χ3n) is 5.82. The molecule has 1 saturated heterocycles. The Balaban J connectivity index is 1.47. The van der Waals surface area contributed by atoms with E-state index in [4.69, 9.17) is 0 Å². The van der Waals surface area contributed by atoms with Gasteiger partial charge in [-0.1, -0.05) is 24.0 Å². The van der Waals surface area contributed by atoms with Crippen molar-refractivity contribution in [1.82, 2.24) is 25.1 Å². The summed E-state index contributed by atoms with van der Waals surface area (Å²) in [6.07, 6.45) is 3.96. The molecule has 11 heteroatoms. The molecule has 38 heavy (non-hydrogen) atoms. The molecule has 4 N–H and O–H groups in total. The average molecular weight is 528 g/mol. The number of aromatic nitrogens is 2. The summed E-state index contributed by atoms with van der Waals surface area (Å²) in [5, 5.41) is 19.2. The Morgan fingerprint density at radius 2 is 2.21 bits per heavy atom. The van der Waals surface area contributed by atoms with Gasteiger partial charge in [-0.2, -0.15) is 4.98 Å². The number of benzene rings is 1. The highest BCUT2D eigenvalue weighted by molar-refractivity contribution is 5.82. The molecule has 0 saturated carbocycles. The van der Waals surface area contributed by atoms with Gasteiger partial charge in [0.15, 0.2) is 0 Å². The molecular weight excluding hydrogens is 492 g/mol. The Labute approximate surface area is 222 Å². The maximum Gasteiger partial charge on any atom is 0.237 e. The lowest BCUT2D eigenvalue weighted by Gasteiger charge is -2.26. The van der Waals surface area contributed by atoms with Gasteiger partial charge in [0.1, 0.15) is 24.0 Å². The molecular formula is C27H35F2N7O2. The number of amides is 1. The van der Waals surface area contributed by atoms with Crippen molar-refractivity contribution in [2.45, 2.75) is 37.7 Å². The number of likely N-dealkylation sites (tertiary alicyclic amines) is 1. The predicted molar refractivity (Wildman–Crippen MR) is 144 cm³/mol. The number of anilines is 3. The number of likely N-dealkylation sites (N-methyl/N-ethyl adjacent to an activating group) is 1. The Kier molecular flexibility index (Phi) is 11.0. The van der Waals surface area contributed by atoms with Crippen molar-refractivity contribution in [3.63, 3.8) is 0 Å². The van der Waals surface area contributed by atoms with Crippen LogP contribution in [0.25, 0.3) is 0 Å². The molecule has 9 nitrogen and oxygen atoms in total. The molecule has 1 unspecified atom stereocenters. The fraction of sp³-hybridized carbons (Fsp3) is 0.444. The van der Waals surface area contributed by atoms with Crippen molar-refractivity contribution in [2.75, 3.05) is 51.4 Å². The van der Waals surface area contributed by atoms with Crippen molar-refractivity contribution in [1.29, 1.82) is 0 Å². The first-order chi connectivity index (χ1) is 18.3. The van der Waals surface area contributed by atoms with Gasteiger partial charge in [0, 0.05) is 45.2 Å². The Bertz CT molecular complexity index is 1170. The zero-order valence-corrected chi connectivity index (χ0v) is 21.9. The average Bonchev–Trinajstić information content (AvgIpc) is 3.28. The maximum absolute atomic E-state index is 14.0. The van der Waals surface area contributed by atoms with Crippen LogP contribution in [0.4, 0.5) is 26.2 Å². The van der Waals surface area contributed by atoms with E-state index in [9.17, 15) is 18.7 Å². The number of aliphatic hydroxyl groups is 1. The lowest BCUT2D eigenvalue weighted by atomic mass is 10.2. The quantitative estimate of drug-likeness (QED) is 0.201. The van der Waals surface area contributed by atoms with Crippen molar-refractivity contribution >= 4 is 23.4 Å². The summed E-state index contributed by atoms with van der Waals surface area (Å²) in [5.41, 5.74) is 1.14. The van der Waals surface area contributed by atoms with Crippen LogP contribution < -0.4 is 16.0 Å². The van der Waals surface area contributed by atoms with Crippen molar-refractivity contribution in [3.8, 4) is 11.8 Å². The fourth-order valence-corrected chi connectivity index (χ4v) is 3.95. The highest BCUT2D eigenvalue weighted by Gasteiger charge is 2.39. The van der Waals surface area contributed by atoms with Crippen LogP contribution in [0.5, 0.6) is 0 Å². The number of hydrogen-bond donors (Lipinski definition) is 4. The lowest BCUT2D eigenvalue weighted by Crippen LogP contribution is -2.47.